The predicted molar refractivity (Wildman–Crippen MR) is 89.4 cm³/mol. The van der Waals surface area contributed by atoms with Gasteiger partial charge < -0.3 is 19.5 Å². The third-order valence-corrected chi connectivity index (χ3v) is 4.14. The summed E-state index contributed by atoms with van der Waals surface area (Å²) in [5, 5.41) is 18.4. The van der Waals surface area contributed by atoms with Gasteiger partial charge in [0.25, 0.3) is 0 Å². The number of aryl methyl sites for hydroxylation is 2. The van der Waals surface area contributed by atoms with Crippen molar-refractivity contribution >= 4 is 16.9 Å². The monoisotopic (exact) mass is 329 g/mol. The summed E-state index contributed by atoms with van der Waals surface area (Å²) in [6.45, 7) is 0.923. The fourth-order valence-corrected chi connectivity index (χ4v) is 3.15. The van der Waals surface area contributed by atoms with E-state index in [0.29, 0.717) is 11.8 Å². The molecular formula is C18H19NO5. The fourth-order valence-electron chi connectivity index (χ4n) is 3.15. The van der Waals surface area contributed by atoms with Gasteiger partial charge in [0, 0.05) is 18.1 Å². The Morgan fingerprint density at radius 3 is 2.96 bits per heavy atom. The van der Waals surface area contributed by atoms with E-state index in [9.17, 15) is 14.7 Å². The Kier molecular flexibility index (Phi) is 4.66. The van der Waals surface area contributed by atoms with Crippen LogP contribution in [-0.4, -0.2) is 34.0 Å². The van der Waals surface area contributed by atoms with Crippen molar-refractivity contribution in [2.75, 3.05) is 13.2 Å². The molecule has 0 unspecified atom stereocenters. The molecule has 1 aliphatic heterocycles. The molecule has 126 valence electrons. The van der Waals surface area contributed by atoms with Crippen LogP contribution in [0.2, 0.25) is 0 Å². The molecule has 0 saturated heterocycles. The maximum Gasteiger partial charge on any atom is 0.341 e. The van der Waals surface area contributed by atoms with Crippen LogP contribution in [-0.2, 0) is 24.1 Å². The molecule has 0 bridgehead atoms. The third-order valence-electron chi connectivity index (χ3n) is 4.14. The zero-order valence-electron chi connectivity index (χ0n) is 13.2. The number of pyridine rings is 1. The van der Waals surface area contributed by atoms with Crippen molar-refractivity contribution in [3.05, 3.63) is 57.6 Å². The van der Waals surface area contributed by atoms with Gasteiger partial charge in [0.15, 0.2) is 0 Å². The quantitative estimate of drug-likeness (QED) is 0.622. The molecule has 6 nitrogen and oxygen atoms in total. The van der Waals surface area contributed by atoms with Crippen LogP contribution in [0.25, 0.3) is 10.9 Å². The second-order valence-corrected chi connectivity index (χ2v) is 5.80. The van der Waals surface area contributed by atoms with Crippen molar-refractivity contribution in [2.24, 2.45) is 0 Å². The van der Waals surface area contributed by atoms with Gasteiger partial charge in [-0.3, -0.25) is 4.79 Å². The first-order chi connectivity index (χ1) is 11.6. The lowest BCUT2D eigenvalue weighted by Gasteiger charge is -2.21. The molecule has 0 saturated carbocycles. The molecule has 2 N–H and O–H groups in total. The summed E-state index contributed by atoms with van der Waals surface area (Å²) in [5.41, 5.74) is 2.25. The summed E-state index contributed by atoms with van der Waals surface area (Å²) >= 11 is 0. The van der Waals surface area contributed by atoms with Crippen molar-refractivity contribution in [3.63, 3.8) is 0 Å². The van der Waals surface area contributed by atoms with Crippen LogP contribution in [0.15, 0.2) is 35.5 Å². The molecule has 24 heavy (non-hydrogen) atoms. The number of nitrogens with zero attached hydrogens (tertiary/aromatic N) is 1. The molecule has 3 rings (SSSR count). The maximum atomic E-state index is 12.5. The smallest absolute Gasteiger partial charge is 0.341 e. The van der Waals surface area contributed by atoms with Crippen LogP contribution in [0.3, 0.4) is 0 Å². The highest BCUT2D eigenvalue weighted by Crippen LogP contribution is 2.25. The van der Waals surface area contributed by atoms with E-state index in [0.717, 1.165) is 36.0 Å². The summed E-state index contributed by atoms with van der Waals surface area (Å²) < 4.78 is 6.96. The molecule has 0 amide bonds. The average Bonchev–Trinajstić information content (AvgIpc) is 2.57. The molecule has 0 radical (unpaired) electrons. The van der Waals surface area contributed by atoms with Crippen LogP contribution < -0.4 is 5.43 Å². The lowest BCUT2D eigenvalue weighted by molar-refractivity contribution is 0.0694. The number of ether oxygens (including phenoxy) is 1. The van der Waals surface area contributed by atoms with E-state index in [1.54, 1.807) is 6.07 Å². The first-order valence-corrected chi connectivity index (χ1v) is 7.91. The van der Waals surface area contributed by atoms with Gasteiger partial charge in [0.2, 0.25) is 5.43 Å². The number of aromatic carboxylic acids is 1. The van der Waals surface area contributed by atoms with E-state index in [1.807, 2.05) is 10.6 Å². The van der Waals surface area contributed by atoms with Gasteiger partial charge in [-0.1, -0.05) is 6.07 Å². The Bertz CT molecular complexity index is 866. The van der Waals surface area contributed by atoms with Crippen molar-refractivity contribution in [2.45, 2.75) is 25.8 Å². The molecule has 2 heterocycles. The van der Waals surface area contributed by atoms with Crippen molar-refractivity contribution in [1.82, 2.24) is 4.57 Å². The Morgan fingerprint density at radius 1 is 1.38 bits per heavy atom. The third kappa shape index (κ3) is 3.05. The van der Waals surface area contributed by atoms with E-state index >= 15 is 0 Å². The number of hydrogen-bond donors (Lipinski definition) is 2. The van der Waals surface area contributed by atoms with E-state index in [1.165, 1.54) is 12.5 Å². The van der Waals surface area contributed by atoms with E-state index < -0.39 is 11.4 Å². The highest BCUT2D eigenvalue weighted by atomic mass is 16.5. The molecule has 1 aromatic carbocycles. The minimum atomic E-state index is -1.19. The van der Waals surface area contributed by atoms with Crippen LogP contribution in [0, 0.1) is 0 Å². The van der Waals surface area contributed by atoms with Crippen LogP contribution in [0.1, 0.15) is 27.9 Å². The number of aliphatic hydroxyl groups excluding tert-OH is 1. The van der Waals surface area contributed by atoms with Gasteiger partial charge >= 0.3 is 5.97 Å². The Balaban J connectivity index is 2.05. The molecule has 1 aliphatic rings. The second kappa shape index (κ2) is 6.88. The maximum absolute atomic E-state index is 12.5. The SMILES string of the molecule is O=C(O)c1cn2c3c(cc(C/C=C/OCCO)cc3c1=O)CCC2. The zero-order chi connectivity index (χ0) is 17.1. The fraction of sp³-hybridized carbons (Fsp3) is 0.333. The lowest BCUT2D eigenvalue weighted by atomic mass is 9.96. The molecular weight excluding hydrogens is 310 g/mol. The number of carboxylic acid groups (broad SMARTS) is 1. The van der Waals surface area contributed by atoms with E-state index in [4.69, 9.17) is 9.84 Å². The van der Waals surface area contributed by atoms with Gasteiger partial charge in [0.1, 0.15) is 12.2 Å². The van der Waals surface area contributed by atoms with Gasteiger partial charge in [-0.15, -0.1) is 0 Å². The minimum absolute atomic E-state index is 0.0397. The molecule has 0 aliphatic carbocycles. The molecule has 6 heteroatoms. The van der Waals surface area contributed by atoms with Crippen LogP contribution in [0.4, 0.5) is 0 Å². The zero-order valence-corrected chi connectivity index (χ0v) is 13.2. The number of benzene rings is 1. The van der Waals surface area contributed by atoms with E-state index in [2.05, 4.69) is 6.07 Å². The summed E-state index contributed by atoms with van der Waals surface area (Å²) in [6, 6.07) is 3.83. The highest BCUT2D eigenvalue weighted by Gasteiger charge is 2.19. The average molecular weight is 329 g/mol. The first kappa shape index (κ1) is 16.3. The number of carbonyl (C=O) groups is 1. The second-order valence-electron chi connectivity index (χ2n) is 5.80. The molecule has 0 spiro atoms. The summed E-state index contributed by atoms with van der Waals surface area (Å²) in [5.74, 6) is -1.19. The Labute approximate surface area is 138 Å². The number of aliphatic hydroxyl groups is 1. The summed E-state index contributed by atoms with van der Waals surface area (Å²) in [7, 11) is 0. The van der Waals surface area contributed by atoms with E-state index in [-0.39, 0.29) is 18.8 Å². The standard InChI is InChI=1S/C18H19NO5/c20-6-8-24-7-2-3-12-9-13-4-1-5-19-11-15(18(22)23)17(21)14(10-12)16(13)19/h2,7,9-11,20H,1,3-6,8H2,(H,22,23)/b7-2+. The first-order valence-electron chi connectivity index (χ1n) is 7.91. The van der Waals surface area contributed by atoms with Crippen molar-refractivity contribution < 1.29 is 19.7 Å². The number of aromatic nitrogens is 1. The summed E-state index contributed by atoms with van der Waals surface area (Å²) in [6.07, 6.45) is 7.16. The normalized spacial score (nSPS) is 13.5. The number of hydrogen-bond acceptors (Lipinski definition) is 4. The Morgan fingerprint density at radius 2 is 2.21 bits per heavy atom. The number of carboxylic acids is 1. The number of allylic oxidation sites excluding steroid dienone is 1. The van der Waals surface area contributed by atoms with Gasteiger partial charge in [-0.05, 0) is 42.5 Å². The van der Waals surface area contributed by atoms with Crippen molar-refractivity contribution in [1.29, 1.82) is 0 Å². The predicted octanol–water partition coefficient (Wildman–Crippen LogP) is 1.71. The minimum Gasteiger partial charge on any atom is -0.499 e. The topological polar surface area (TPSA) is 88.8 Å². The molecule has 2 aromatic rings. The highest BCUT2D eigenvalue weighted by molar-refractivity contribution is 5.93. The summed E-state index contributed by atoms with van der Waals surface area (Å²) in [4.78, 5) is 23.8. The molecule has 0 fully saturated rings. The van der Waals surface area contributed by atoms with Crippen LogP contribution >= 0.6 is 0 Å². The van der Waals surface area contributed by atoms with Crippen molar-refractivity contribution in [3.8, 4) is 0 Å². The van der Waals surface area contributed by atoms with Crippen LogP contribution in [0.5, 0.6) is 0 Å². The van der Waals surface area contributed by atoms with Gasteiger partial charge in [-0.2, -0.15) is 0 Å². The molecule has 1 aromatic heterocycles. The van der Waals surface area contributed by atoms with Gasteiger partial charge in [-0.25, -0.2) is 4.79 Å². The number of rotatable bonds is 6. The van der Waals surface area contributed by atoms with Gasteiger partial charge in [0.05, 0.1) is 18.4 Å². The Hall–Kier alpha value is -2.60. The lowest BCUT2D eigenvalue weighted by Crippen LogP contribution is -2.22. The largest absolute Gasteiger partial charge is 0.499 e. The molecule has 0 atom stereocenters.